The Morgan fingerprint density at radius 2 is 2.04 bits per heavy atom. The van der Waals surface area contributed by atoms with E-state index in [-0.39, 0.29) is 5.91 Å². The van der Waals surface area contributed by atoms with Gasteiger partial charge < -0.3 is 14.4 Å². The van der Waals surface area contributed by atoms with E-state index in [9.17, 15) is 9.90 Å². The summed E-state index contributed by atoms with van der Waals surface area (Å²) in [6.45, 7) is 7.27. The Bertz CT molecular complexity index is 497. The minimum absolute atomic E-state index is 0.0548. The first-order valence-electron chi connectivity index (χ1n) is 8.54. The molecule has 1 unspecified atom stereocenters. The minimum Gasteiger partial charge on any atom is -0.468 e. The van der Waals surface area contributed by atoms with Gasteiger partial charge in [-0.1, -0.05) is 0 Å². The highest BCUT2D eigenvalue weighted by atomic mass is 16.3. The summed E-state index contributed by atoms with van der Waals surface area (Å²) in [5.41, 5.74) is 0. The zero-order valence-electron chi connectivity index (χ0n) is 13.9. The van der Waals surface area contributed by atoms with Crippen molar-refractivity contribution >= 4 is 5.91 Å². The second-order valence-corrected chi connectivity index (χ2v) is 6.70. The SMILES string of the molecule is CC(=O)N1CCN(C2CCN(Cc3ccco3)CC2)CC(O)C1. The molecule has 6 nitrogen and oxygen atoms in total. The molecule has 0 bridgehead atoms. The molecule has 0 spiro atoms. The van der Waals surface area contributed by atoms with Crippen LogP contribution in [0.15, 0.2) is 22.8 Å². The number of carbonyl (C=O) groups excluding carboxylic acids is 1. The maximum Gasteiger partial charge on any atom is 0.219 e. The van der Waals surface area contributed by atoms with Crippen LogP contribution in [0.2, 0.25) is 0 Å². The van der Waals surface area contributed by atoms with Crippen LogP contribution in [-0.4, -0.2) is 77.1 Å². The fourth-order valence-corrected chi connectivity index (χ4v) is 3.70. The third-order valence-electron chi connectivity index (χ3n) is 5.01. The van der Waals surface area contributed by atoms with Crippen molar-refractivity contribution in [3.63, 3.8) is 0 Å². The fourth-order valence-electron chi connectivity index (χ4n) is 3.70. The van der Waals surface area contributed by atoms with Crippen molar-refractivity contribution in [2.24, 2.45) is 0 Å². The lowest BCUT2D eigenvalue weighted by atomic mass is 10.0. The van der Waals surface area contributed by atoms with Crippen molar-refractivity contribution in [2.75, 3.05) is 39.3 Å². The summed E-state index contributed by atoms with van der Waals surface area (Å²) < 4.78 is 5.42. The maximum absolute atomic E-state index is 11.6. The van der Waals surface area contributed by atoms with Gasteiger partial charge in [-0.3, -0.25) is 14.6 Å². The molecular weight excluding hydrogens is 294 g/mol. The van der Waals surface area contributed by atoms with Crippen molar-refractivity contribution in [3.05, 3.63) is 24.2 Å². The number of rotatable bonds is 3. The molecule has 1 amide bonds. The number of nitrogens with zero attached hydrogens (tertiary/aromatic N) is 3. The van der Waals surface area contributed by atoms with Crippen LogP contribution in [0.25, 0.3) is 0 Å². The Balaban J connectivity index is 1.50. The zero-order chi connectivity index (χ0) is 16.2. The van der Waals surface area contributed by atoms with E-state index >= 15 is 0 Å². The molecule has 128 valence electrons. The van der Waals surface area contributed by atoms with Gasteiger partial charge in [0.1, 0.15) is 5.76 Å². The van der Waals surface area contributed by atoms with Gasteiger partial charge in [0.15, 0.2) is 0 Å². The topological polar surface area (TPSA) is 60.2 Å². The number of aliphatic hydroxyl groups excluding tert-OH is 1. The third-order valence-corrected chi connectivity index (χ3v) is 5.01. The maximum atomic E-state index is 11.6. The first-order chi connectivity index (χ1) is 11.1. The van der Waals surface area contributed by atoms with Gasteiger partial charge in [-0.15, -0.1) is 0 Å². The van der Waals surface area contributed by atoms with Gasteiger partial charge in [0.05, 0.1) is 18.9 Å². The standard InChI is InChI=1S/C17H27N3O3/c1-14(21)19-8-9-20(12-16(22)11-19)15-4-6-18(7-5-15)13-17-3-2-10-23-17/h2-3,10,15-16,22H,4-9,11-13H2,1H3. The lowest BCUT2D eigenvalue weighted by Crippen LogP contribution is -2.47. The van der Waals surface area contributed by atoms with Crippen LogP contribution < -0.4 is 0 Å². The van der Waals surface area contributed by atoms with E-state index in [1.807, 2.05) is 12.1 Å². The summed E-state index contributed by atoms with van der Waals surface area (Å²) in [6.07, 6.45) is 3.49. The van der Waals surface area contributed by atoms with Gasteiger partial charge >= 0.3 is 0 Å². The van der Waals surface area contributed by atoms with E-state index < -0.39 is 6.10 Å². The number of carbonyl (C=O) groups is 1. The molecule has 1 N–H and O–H groups in total. The Labute approximate surface area is 137 Å². The fraction of sp³-hybridized carbons (Fsp3) is 0.706. The van der Waals surface area contributed by atoms with Gasteiger partial charge in [0.2, 0.25) is 5.91 Å². The molecule has 2 aliphatic heterocycles. The lowest BCUT2D eigenvalue weighted by Gasteiger charge is -2.38. The molecule has 1 aromatic heterocycles. The Morgan fingerprint density at radius 1 is 1.26 bits per heavy atom. The molecule has 3 heterocycles. The second-order valence-electron chi connectivity index (χ2n) is 6.70. The second kappa shape index (κ2) is 7.47. The predicted octanol–water partition coefficient (Wildman–Crippen LogP) is 0.769. The predicted molar refractivity (Wildman–Crippen MR) is 86.8 cm³/mol. The molecule has 3 rings (SSSR count). The largest absolute Gasteiger partial charge is 0.468 e. The van der Waals surface area contributed by atoms with Crippen LogP contribution >= 0.6 is 0 Å². The molecule has 2 saturated heterocycles. The van der Waals surface area contributed by atoms with Gasteiger partial charge in [-0.2, -0.15) is 0 Å². The Kier molecular flexibility index (Phi) is 5.35. The average Bonchev–Trinajstić information content (AvgIpc) is 2.95. The Morgan fingerprint density at radius 3 is 2.70 bits per heavy atom. The smallest absolute Gasteiger partial charge is 0.219 e. The molecule has 1 aromatic rings. The van der Waals surface area contributed by atoms with E-state index in [1.165, 1.54) is 0 Å². The lowest BCUT2D eigenvalue weighted by molar-refractivity contribution is -0.129. The van der Waals surface area contributed by atoms with E-state index in [2.05, 4.69) is 9.80 Å². The first kappa shape index (κ1) is 16.5. The van der Waals surface area contributed by atoms with E-state index in [1.54, 1.807) is 18.1 Å². The van der Waals surface area contributed by atoms with Crippen molar-refractivity contribution < 1.29 is 14.3 Å². The summed E-state index contributed by atoms with van der Waals surface area (Å²) in [5, 5.41) is 10.2. The summed E-state index contributed by atoms with van der Waals surface area (Å²) in [6, 6.07) is 4.46. The monoisotopic (exact) mass is 321 g/mol. The molecule has 1 atom stereocenters. The number of furan rings is 1. The van der Waals surface area contributed by atoms with Gasteiger partial charge in [-0.25, -0.2) is 0 Å². The van der Waals surface area contributed by atoms with E-state index in [4.69, 9.17) is 4.42 Å². The number of aliphatic hydroxyl groups is 1. The quantitative estimate of drug-likeness (QED) is 0.891. The third kappa shape index (κ3) is 4.34. The highest BCUT2D eigenvalue weighted by molar-refractivity contribution is 5.73. The van der Waals surface area contributed by atoms with E-state index in [0.717, 1.165) is 51.3 Å². The minimum atomic E-state index is -0.442. The molecule has 2 aliphatic rings. The van der Waals surface area contributed by atoms with Crippen LogP contribution in [0.3, 0.4) is 0 Å². The molecule has 23 heavy (non-hydrogen) atoms. The van der Waals surface area contributed by atoms with Gasteiger partial charge in [0, 0.05) is 52.2 Å². The average molecular weight is 321 g/mol. The van der Waals surface area contributed by atoms with Crippen LogP contribution in [0.5, 0.6) is 0 Å². The molecule has 6 heteroatoms. The van der Waals surface area contributed by atoms with Crippen molar-refractivity contribution in [1.29, 1.82) is 0 Å². The zero-order valence-corrected chi connectivity index (χ0v) is 13.9. The van der Waals surface area contributed by atoms with Gasteiger partial charge in [-0.05, 0) is 25.0 Å². The van der Waals surface area contributed by atoms with Crippen LogP contribution in [-0.2, 0) is 11.3 Å². The molecule has 0 saturated carbocycles. The van der Waals surface area contributed by atoms with Crippen molar-refractivity contribution in [2.45, 2.75) is 38.5 Å². The summed E-state index contributed by atoms with van der Waals surface area (Å²) in [7, 11) is 0. The van der Waals surface area contributed by atoms with Crippen LogP contribution in [0.1, 0.15) is 25.5 Å². The highest BCUT2D eigenvalue weighted by Gasteiger charge is 2.29. The van der Waals surface area contributed by atoms with Gasteiger partial charge in [0.25, 0.3) is 0 Å². The number of piperidine rings is 1. The van der Waals surface area contributed by atoms with Crippen molar-refractivity contribution in [3.8, 4) is 0 Å². The Hall–Kier alpha value is -1.37. The summed E-state index contributed by atoms with van der Waals surface area (Å²) in [5.74, 6) is 1.07. The molecule has 0 aliphatic carbocycles. The van der Waals surface area contributed by atoms with Crippen LogP contribution in [0, 0.1) is 0 Å². The molecule has 2 fully saturated rings. The number of amides is 1. The van der Waals surface area contributed by atoms with Crippen LogP contribution in [0.4, 0.5) is 0 Å². The number of hydrogen-bond donors (Lipinski definition) is 1. The van der Waals surface area contributed by atoms with Crippen molar-refractivity contribution in [1.82, 2.24) is 14.7 Å². The first-order valence-corrected chi connectivity index (χ1v) is 8.54. The summed E-state index contributed by atoms with van der Waals surface area (Å²) in [4.78, 5) is 18.1. The number of β-amino-alcohol motifs (C(OH)–C–C–N with tert-alkyl or cyclic N) is 1. The number of likely N-dealkylation sites (tertiary alicyclic amines) is 1. The highest BCUT2D eigenvalue weighted by Crippen LogP contribution is 2.20. The summed E-state index contributed by atoms with van der Waals surface area (Å²) >= 11 is 0. The molecule has 0 aromatic carbocycles. The number of hydrogen-bond acceptors (Lipinski definition) is 5. The normalized spacial score (nSPS) is 25.5. The molecular formula is C17H27N3O3. The van der Waals surface area contributed by atoms with E-state index in [0.29, 0.717) is 19.1 Å². The molecule has 0 radical (unpaired) electrons.